The summed E-state index contributed by atoms with van der Waals surface area (Å²) < 4.78 is 228. The number of esters is 1. The predicted molar refractivity (Wildman–Crippen MR) is 92.3 cm³/mol. The highest BCUT2D eigenvalue weighted by Gasteiger charge is 2.94. The minimum Gasteiger partial charge on any atom is -0.461 e. The molecule has 0 heterocycles. The second-order valence-corrected chi connectivity index (χ2v) is 9.00. The summed E-state index contributed by atoms with van der Waals surface area (Å²) in [5, 5.41) is -7.52. The first-order chi connectivity index (χ1) is 16.2. The lowest BCUT2D eigenvalue weighted by molar-refractivity contribution is -0.447. The lowest BCUT2D eigenvalue weighted by Crippen LogP contribution is -2.73. The van der Waals surface area contributed by atoms with E-state index < -0.39 is 87.5 Å². The van der Waals surface area contributed by atoms with Gasteiger partial charge >= 0.3 is 47.0 Å². The number of carbonyl (C=O) groups excluding carboxylic acids is 1. The first-order valence-corrected chi connectivity index (χ1v) is 10.7. The van der Waals surface area contributed by atoms with Gasteiger partial charge in [0.15, 0.2) is 0 Å². The molecule has 0 fully saturated rings. The second-order valence-electron chi connectivity index (χ2n) is 7.02. The van der Waals surface area contributed by atoms with Crippen molar-refractivity contribution in [1.82, 2.24) is 4.31 Å². The highest BCUT2D eigenvalue weighted by Crippen LogP contribution is 2.63. The Morgan fingerprint density at radius 2 is 1.16 bits per heavy atom. The van der Waals surface area contributed by atoms with Crippen LogP contribution in [0.15, 0.2) is 12.7 Å². The first-order valence-electron chi connectivity index (χ1n) is 9.29. The standard InChI is InChI=1S/C16H16F15NO4S/c1-3-5-6-32(7-8-36-9(33)4-2)37(34,35)16(30,31)14(25,26)12(21,22)10(17,18)11(19,20)13(23,24)15(27,28)29/h4H,2-3,5-8H2,1H3. The Bertz CT molecular complexity index is 931. The van der Waals surface area contributed by atoms with E-state index in [1.165, 1.54) is 6.92 Å². The summed E-state index contributed by atoms with van der Waals surface area (Å²) in [6, 6.07) is 0. The number of rotatable bonds is 14. The summed E-state index contributed by atoms with van der Waals surface area (Å²) in [4.78, 5) is 10.9. The predicted octanol–water partition coefficient (Wildman–Crippen LogP) is 5.48. The molecule has 0 aliphatic heterocycles. The molecular formula is C16H16F15NO4S. The third kappa shape index (κ3) is 5.60. The Kier molecular flexibility index (Phi) is 10.1. The smallest absolute Gasteiger partial charge is 0.460 e. The SMILES string of the molecule is C=CC(=O)OCCN(CCCC)S(=O)(=O)C(F)(F)C(F)(F)C(F)(F)C(F)(F)C(F)(F)C(F)(F)C(F)(F)F. The molecule has 0 aliphatic carbocycles. The quantitative estimate of drug-likeness (QED) is 0.150. The molecule has 0 aromatic heterocycles. The van der Waals surface area contributed by atoms with E-state index in [9.17, 15) is 79.1 Å². The van der Waals surface area contributed by atoms with Crippen LogP contribution in [0.5, 0.6) is 0 Å². The molecule has 0 spiro atoms. The van der Waals surface area contributed by atoms with Crippen LogP contribution in [-0.4, -0.2) is 79.4 Å². The molecule has 0 saturated heterocycles. The van der Waals surface area contributed by atoms with Crippen LogP contribution >= 0.6 is 0 Å². The maximum atomic E-state index is 14.3. The first kappa shape index (κ1) is 35.1. The molecule has 0 bridgehead atoms. The number of ether oxygens (including phenoxy) is 1. The molecule has 0 aromatic carbocycles. The number of hydrogen-bond acceptors (Lipinski definition) is 4. The van der Waals surface area contributed by atoms with Gasteiger partial charge in [-0.25, -0.2) is 13.2 Å². The molecule has 0 atom stereocenters. The third-order valence-corrected chi connectivity index (χ3v) is 6.42. The molecule has 0 amide bonds. The van der Waals surface area contributed by atoms with Gasteiger partial charge in [-0.05, 0) is 6.42 Å². The van der Waals surface area contributed by atoms with Crippen molar-refractivity contribution in [3.05, 3.63) is 12.7 Å². The zero-order chi connectivity index (χ0) is 30.1. The molecule has 5 nitrogen and oxygen atoms in total. The highest BCUT2D eigenvalue weighted by molar-refractivity contribution is 7.90. The summed E-state index contributed by atoms with van der Waals surface area (Å²) in [5.41, 5.74) is 0. The molecule has 37 heavy (non-hydrogen) atoms. The summed E-state index contributed by atoms with van der Waals surface area (Å²) in [6.45, 7) is 0.0629. The van der Waals surface area contributed by atoms with Crippen molar-refractivity contribution < 1.29 is 83.8 Å². The Hall–Kier alpha value is -1.93. The Morgan fingerprint density at radius 1 is 0.757 bits per heavy atom. The monoisotopic (exact) mass is 603 g/mol. The van der Waals surface area contributed by atoms with E-state index in [-0.39, 0.29) is 6.42 Å². The van der Waals surface area contributed by atoms with E-state index in [2.05, 4.69) is 11.3 Å². The molecule has 0 aromatic rings. The zero-order valence-electron chi connectivity index (χ0n) is 18.0. The number of nitrogens with zero attached hydrogens (tertiary/aromatic N) is 1. The van der Waals surface area contributed by atoms with Crippen molar-refractivity contribution in [3.63, 3.8) is 0 Å². The Labute approximate surface area is 198 Å². The van der Waals surface area contributed by atoms with E-state index in [4.69, 9.17) is 0 Å². The van der Waals surface area contributed by atoms with Crippen molar-refractivity contribution >= 4 is 16.0 Å². The van der Waals surface area contributed by atoms with Gasteiger partial charge in [-0.15, -0.1) is 0 Å². The van der Waals surface area contributed by atoms with Crippen LogP contribution in [0.25, 0.3) is 0 Å². The molecule has 21 heteroatoms. The molecule has 0 unspecified atom stereocenters. The van der Waals surface area contributed by atoms with Gasteiger partial charge in [-0.3, -0.25) is 0 Å². The van der Waals surface area contributed by atoms with E-state index in [1.807, 2.05) is 0 Å². The highest BCUT2D eigenvalue weighted by atomic mass is 32.2. The van der Waals surface area contributed by atoms with Crippen LogP contribution in [0, 0.1) is 0 Å². The number of alkyl halides is 15. The molecule has 0 radical (unpaired) electrons. The number of hydrogen-bond donors (Lipinski definition) is 0. The maximum Gasteiger partial charge on any atom is 0.460 e. The van der Waals surface area contributed by atoms with Gasteiger partial charge in [-0.1, -0.05) is 19.9 Å². The summed E-state index contributed by atoms with van der Waals surface area (Å²) >= 11 is 0. The fraction of sp³-hybridized carbons (Fsp3) is 0.812. The lowest BCUT2D eigenvalue weighted by Gasteiger charge is -2.41. The normalized spacial score (nSPS) is 15.2. The van der Waals surface area contributed by atoms with Crippen molar-refractivity contribution in [2.45, 2.75) is 60.8 Å². The lowest BCUT2D eigenvalue weighted by atomic mass is 9.94. The average molecular weight is 603 g/mol. The number of carbonyl (C=O) groups is 1. The van der Waals surface area contributed by atoms with Crippen LogP contribution in [-0.2, 0) is 19.6 Å². The van der Waals surface area contributed by atoms with Gasteiger partial charge < -0.3 is 4.74 Å². The minimum atomic E-state index is -8.62. The topological polar surface area (TPSA) is 63.7 Å². The van der Waals surface area contributed by atoms with Crippen LogP contribution in [0.4, 0.5) is 65.9 Å². The van der Waals surface area contributed by atoms with Gasteiger partial charge in [0.1, 0.15) is 6.61 Å². The fourth-order valence-corrected chi connectivity index (χ4v) is 3.73. The molecular weight excluding hydrogens is 587 g/mol. The number of halogens is 15. The average Bonchev–Trinajstić information content (AvgIpc) is 2.73. The Morgan fingerprint density at radius 3 is 1.54 bits per heavy atom. The van der Waals surface area contributed by atoms with Gasteiger partial charge in [0, 0.05) is 19.2 Å². The van der Waals surface area contributed by atoms with E-state index in [0.29, 0.717) is 6.08 Å². The zero-order valence-corrected chi connectivity index (χ0v) is 18.8. The summed E-state index contributed by atoms with van der Waals surface area (Å²) in [7, 11) is -7.32. The van der Waals surface area contributed by atoms with Crippen LogP contribution in [0.1, 0.15) is 19.8 Å². The van der Waals surface area contributed by atoms with Gasteiger partial charge in [-0.2, -0.15) is 70.2 Å². The van der Waals surface area contributed by atoms with E-state index >= 15 is 0 Å². The van der Waals surface area contributed by atoms with Crippen LogP contribution in [0.3, 0.4) is 0 Å². The summed E-state index contributed by atoms with van der Waals surface area (Å²) in [5.74, 6) is -43.4. The van der Waals surface area contributed by atoms with Gasteiger partial charge in [0.25, 0.3) is 10.0 Å². The molecule has 0 aliphatic rings. The van der Waals surface area contributed by atoms with Gasteiger partial charge in [0.2, 0.25) is 0 Å². The van der Waals surface area contributed by atoms with E-state index in [1.54, 1.807) is 0 Å². The van der Waals surface area contributed by atoms with Gasteiger partial charge in [0.05, 0.1) is 0 Å². The van der Waals surface area contributed by atoms with Crippen molar-refractivity contribution in [1.29, 1.82) is 0 Å². The number of sulfonamides is 1. The van der Waals surface area contributed by atoms with Crippen molar-refractivity contribution in [2.75, 3.05) is 19.7 Å². The second kappa shape index (κ2) is 10.7. The van der Waals surface area contributed by atoms with Crippen molar-refractivity contribution in [2.24, 2.45) is 0 Å². The Balaban J connectivity index is 6.74. The third-order valence-electron chi connectivity index (χ3n) is 4.48. The molecule has 220 valence electrons. The molecule has 0 rings (SSSR count). The molecule has 0 saturated carbocycles. The van der Waals surface area contributed by atoms with E-state index in [0.717, 1.165) is 0 Å². The number of unbranched alkanes of at least 4 members (excludes halogenated alkanes) is 1. The van der Waals surface area contributed by atoms with Crippen molar-refractivity contribution in [3.8, 4) is 0 Å². The fourth-order valence-electron chi connectivity index (χ4n) is 2.27. The molecule has 0 N–H and O–H groups in total. The largest absolute Gasteiger partial charge is 0.461 e. The summed E-state index contributed by atoms with van der Waals surface area (Å²) in [6.07, 6.45) is -7.97. The minimum absolute atomic E-state index is 0.118. The van der Waals surface area contributed by atoms with Crippen LogP contribution in [0.2, 0.25) is 0 Å². The van der Waals surface area contributed by atoms with Crippen LogP contribution < -0.4 is 0 Å². The maximum absolute atomic E-state index is 14.3.